The molecule has 7 heteroatoms. The first kappa shape index (κ1) is 19.6. The average molecular weight is 418 g/mol. The lowest BCUT2D eigenvalue weighted by molar-refractivity contribution is -0.114. The molecule has 0 unspecified atom stereocenters. The van der Waals surface area contributed by atoms with Crippen molar-refractivity contribution >= 4 is 40.7 Å². The molecule has 2 heterocycles. The number of hydrogen-bond acceptors (Lipinski definition) is 6. The monoisotopic (exact) mass is 418 g/mol. The van der Waals surface area contributed by atoms with Gasteiger partial charge in [-0.15, -0.1) is 11.3 Å². The lowest BCUT2D eigenvalue weighted by Gasteiger charge is -2.11. The van der Waals surface area contributed by atoms with E-state index in [1.54, 1.807) is 43.3 Å². The van der Waals surface area contributed by atoms with Gasteiger partial charge in [0, 0.05) is 0 Å². The van der Waals surface area contributed by atoms with Crippen LogP contribution in [0.3, 0.4) is 0 Å². The quantitative estimate of drug-likeness (QED) is 0.340. The number of ether oxygens (including phenoxy) is 2. The molecule has 0 N–H and O–H groups in total. The Morgan fingerprint density at radius 1 is 1.07 bits per heavy atom. The van der Waals surface area contributed by atoms with Crippen LogP contribution in [0, 0.1) is 0 Å². The van der Waals surface area contributed by atoms with Gasteiger partial charge in [-0.3, -0.25) is 4.79 Å². The Labute approximate surface area is 177 Å². The third kappa shape index (κ3) is 3.88. The highest BCUT2D eigenvalue weighted by molar-refractivity contribution is 7.12. The maximum absolute atomic E-state index is 12.9. The summed E-state index contributed by atoms with van der Waals surface area (Å²) >= 11 is 1.31. The third-order valence-corrected chi connectivity index (χ3v) is 5.34. The van der Waals surface area contributed by atoms with Gasteiger partial charge in [-0.1, -0.05) is 30.3 Å². The smallest absolute Gasteiger partial charge is 0.353 e. The van der Waals surface area contributed by atoms with Crippen LogP contribution in [0.5, 0.6) is 11.5 Å². The minimum atomic E-state index is -0.443. The lowest BCUT2D eigenvalue weighted by Crippen LogP contribution is -2.21. The second-order valence-electron chi connectivity index (χ2n) is 6.47. The third-order valence-electron chi connectivity index (χ3n) is 4.49. The molecule has 2 aromatic carbocycles. The van der Waals surface area contributed by atoms with Crippen molar-refractivity contribution in [2.24, 2.45) is 5.10 Å². The van der Waals surface area contributed by atoms with E-state index < -0.39 is 5.97 Å². The number of amides is 1. The molecule has 0 spiro atoms. The number of carbonyl (C=O) groups excluding carboxylic acids is 2. The Hall–Kier alpha value is -3.71. The zero-order valence-electron chi connectivity index (χ0n) is 16.4. The zero-order chi connectivity index (χ0) is 21.1. The number of hydrogen-bond donors (Lipinski definition) is 0. The summed E-state index contributed by atoms with van der Waals surface area (Å²) < 4.78 is 10.8. The summed E-state index contributed by atoms with van der Waals surface area (Å²) in [6.07, 6.45) is 1.75. The van der Waals surface area contributed by atoms with Gasteiger partial charge >= 0.3 is 5.97 Å². The van der Waals surface area contributed by atoms with E-state index >= 15 is 0 Å². The van der Waals surface area contributed by atoms with Gasteiger partial charge in [-0.05, 0) is 54.3 Å². The Morgan fingerprint density at radius 3 is 2.57 bits per heavy atom. The van der Waals surface area contributed by atoms with E-state index in [1.165, 1.54) is 23.5 Å². The number of hydrazone groups is 1. The Kier molecular flexibility index (Phi) is 5.45. The predicted octanol–water partition coefficient (Wildman–Crippen LogP) is 4.78. The Morgan fingerprint density at radius 2 is 1.87 bits per heavy atom. The van der Waals surface area contributed by atoms with Gasteiger partial charge in [-0.25, -0.2) is 4.79 Å². The molecule has 4 rings (SSSR count). The zero-order valence-corrected chi connectivity index (χ0v) is 17.2. The van der Waals surface area contributed by atoms with Gasteiger partial charge in [0.1, 0.15) is 4.88 Å². The molecule has 6 nitrogen and oxygen atoms in total. The van der Waals surface area contributed by atoms with Crippen LogP contribution in [0.4, 0.5) is 5.69 Å². The van der Waals surface area contributed by atoms with Crippen LogP contribution in [-0.4, -0.2) is 24.7 Å². The molecule has 1 aliphatic rings. The predicted molar refractivity (Wildman–Crippen MR) is 117 cm³/mol. The molecule has 3 aromatic rings. The molecule has 0 radical (unpaired) electrons. The maximum Gasteiger partial charge on any atom is 0.353 e. The second kappa shape index (κ2) is 8.34. The summed E-state index contributed by atoms with van der Waals surface area (Å²) in [6, 6.07) is 17.9. The number of carbonyl (C=O) groups is 2. The van der Waals surface area contributed by atoms with Gasteiger partial charge in [0.05, 0.1) is 24.1 Å². The van der Waals surface area contributed by atoms with E-state index in [1.807, 2.05) is 35.7 Å². The van der Waals surface area contributed by atoms with E-state index in [2.05, 4.69) is 5.10 Å². The first-order chi connectivity index (χ1) is 14.6. The maximum atomic E-state index is 12.9. The van der Waals surface area contributed by atoms with Crippen molar-refractivity contribution in [1.82, 2.24) is 0 Å². The highest BCUT2D eigenvalue weighted by Crippen LogP contribution is 2.31. The van der Waals surface area contributed by atoms with Crippen molar-refractivity contribution in [2.45, 2.75) is 6.92 Å². The summed E-state index contributed by atoms with van der Waals surface area (Å²) in [5.74, 6) is 0.0639. The average Bonchev–Trinajstić information content (AvgIpc) is 3.40. The first-order valence-electron chi connectivity index (χ1n) is 9.17. The van der Waals surface area contributed by atoms with Crippen molar-refractivity contribution in [3.05, 3.63) is 82.1 Å². The number of benzene rings is 2. The van der Waals surface area contributed by atoms with Crippen molar-refractivity contribution in [2.75, 3.05) is 12.1 Å². The SMILES string of the molecule is COc1cc(/C=C2/C(=O)N(c3ccccc3)N=C2C)ccc1OC(=O)c1cccs1. The Balaban J connectivity index is 1.59. The van der Waals surface area contributed by atoms with Crippen LogP contribution >= 0.6 is 11.3 Å². The van der Waals surface area contributed by atoms with Crippen LogP contribution in [0.25, 0.3) is 6.08 Å². The number of methoxy groups -OCH3 is 1. The molecule has 30 heavy (non-hydrogen) atoms. The fourth-order valence-corrected chi connectivity index (χ4v) is 3.60. The van der Waals surface area contributed by atoms with Crippen LogP contribution in [0.1, 0.15) is 22.2 Å². The molecule has 0 fully saturated rings. The van der Waals surface area contributed by atoms with Crippen LogP contribution < -0.4 is 14.5 Å². The van der Waals surface area contributed by atoms with Crippen molar-refractivity contribution < 1.29 is 19.1 Å². The minimum absolute atomic E-state index is 0.203. The highest BCUT2D eigenvalue weighted by Gasteiger charge is 2.28. The molecule has 150 valence electrons. The molecule has 0 atom stereocenters. The molecule has 0 saturated heterocycles. The fraction of sp³-hybridized carbons (Fsp3) is 0.0870. The molecular weight excluding hydrogens is 400 g/mol. The van der Waals surface area contributed by atoms with Crippen LogP contribution in [0.15, 0.2) is 76.7 Å². The molecule has 1 aromatic heterocycles. The molecule has 0 aliphatic carbocycles. The van der Waals surface area contributed by atoms with Crippen molar-refractivity contribution in [3.63, 3.8) is 0 Å². The number of esters is 1. The molecule has 1 amide bonds. The largest absolute Gasteiger partial charge is 0.493 e. The van der Waals surface area contributed by atoms with Gasteiger partial charge < -0.3 is 9.47 Å². The highest BCUT2D eigenvalue weighted by atomic mass is 32.1. The van der Waals surface area contributed by atoms with E-state index in [-0.39, 0.29) is 5.91 Å². The van der Waals surface area contributed by atoms with Gasteiger partial charge in [0.15, 0.2) is 11.5 Å². The first-order valence-corrected chi connectivity index (χ1v) is 10.1. The van der Waals surface area contributed by atoms with Gasteiger partial charge in [-0.2, -0.15) is 10.1 Å². The summed E-state index contributed by atoms with van der Waals surface area (Å²) in [7, 11) is 1.50. The summed E-state index contributed by atoms with van der Waals surface area (Å²) in [5.41, 5.74) is 2.55. The van der Waals surface area contributed by atoms with Crippen LogP contribution in [0.2, 0.25) is 0 Å². The standard InChI is InChI=1S/C23H18N2O4S/c1-15-18(22(26)25(24-15)17-7-4-3-5-8-17)13-16-10-11-19(20(14-16)28-2)29-23(27)21-9-6-12-30-21/h3-14H,1-2H3/b18-13+. The number of nitrogens with zero attached hydrogens (tertiary/aromatic N) is 2. The number of para-hydroxylation sites is 1. The molecular formula is C23H18N2O4S. The number of anilines is 1. The van der Waals surface area contributed by atoms with E-state index in [9.17, 15) is 9.59 Å². The minimum Gasteiger partial charge on any atom is -0.493 e. The molecule has 0 saturated carbocycles. The van der Waals surface area contributed by atoms with Crippen LogP contribution in [-0.2, 0) is 4.79 Å². The summed E-state index contributed by atoms with van der Waals surface area (Å²) in [6.45, 7) is 1.79. The number of thiophene rings is 1. The van der Waals surface area contributed by atoms with Gasteiger partial charge in [0.2, 0.25) is 0 Å². The topological polar surface area (TPSA) is 68.2 Å². The normalized spacial score (nSPS) is 14.7. The number of rotatable bonds is 5. The second-order valence-corrected chi connectivity index (χ2v) is 7.42. The van der Waals surface area contributed by atoms with E-state index in [4.69, 9.17) is 9.47 Å². The fourth-order valence-electron chi connectivity index (χ4n) is 3.00. The summed E-state index contributed by atoms with van der Waals surface area (Å²) in [4.78, 5) is 25.6. The summed E-state index contributed by atoms with van der Waals surface area (Å²) in [5, 5.41) is 7.57. The molecule has 1 aliphatic heterocycles. The van der Waals surface area contributed by atoms with Crippen molar-refractivity contribution in [3.8, 4) is 11.5 Å². The lowest BCUT2D eigenvalue weighted by atomic mass is 10.1. The van der Waals surface area contributed by atoms with E-state index in [0.717, 1.165) is 5.56 Å². The van der Waals surface area contributed by atoms with Gasteiger partial charge in [0.25, 0.3) is 5.91 Å². The Bertz CT molecular complexity index is 1150. The molecule has 0 bridgehead atoms. The van der Waals surface area contributed by atoms with Crippen molar-refractivity contribution in [1.29, 1.82) is 0 Å². The van der Waals surface area contributed by atoms with E-state index in [0.29, 0.717) is 33.3 Å².